The van der Waals surface area contributed by atoms with Gasteiger partial charge in [0.1, 0.15) is 0 Å². The second-order valence-corrected chi connectivity index (χ2v) is 4.75. The molecule has 0 unspecified atom stereocenters. The number of nitrogens with zero attached hydrogens (tertiary/aromatic N) is 5. The molecule has 1 saturated heterocycles. The number of para-hydroxylation sites is 2. The highest BCUT2D eigenvalue weighted by atomic mass is 16.5. The number of ether oxygens (including phenoxy) is 1. The molecule has 1 aliphatic heterocycles. The zero-order chi connectivity index (χ0) is 15.5. The summed E-state index contributed by atoms with van der Waals surface area (Å²) in [6.45, 7) is 2.45. The van der Waals surface area contributed by atoms with Crippen LogP contribution in [0.3, 0.4) is 0 Å². The minimum atomic E-state index is -0.321. The molecule has 1 aromatic heterocycles. The summed E-state index contributed by atoms with van der Waals surface area (Å²) in [6, 6.07) is 8.05. The molecule has 0 radical (unpaired) electrons. The van der Waals surface area contributed by atoms with Gasteiger partial charge in [-0.2, -0.15) is 5.26 Å². The van der Waals surface area contributed by atoms with Crippen molar-refractivity contribution in [2.45, 2.75) is 0 Å². The molecule has 1 aromatic carbocycles. The summed E-state index contributed by atoms with van der Waals surface area (Å²) >= 11 is 0. The number of benzene rings is 1. The van der Waals surface area contributed by atoms with Gasteiger partial charge in [0.2, 0.25) is 11.9 Å². The van der Waals surface area contributed by atoms with Crippen molar-refractivity contribution in [2.75, 3.05) is 26.3 Å². The van der Waals surface area contributed by atoms with Crippen molar-refractivity contribution in [1.82, 2.24) is 4.90 Å². The normalized spacial score (nSPS) is 15.3. The van der Waals surface area contributed by atoms with Crippen LogP contribution in [0.15, 0.2) is 29.3 Å². The van der Waals surface area contributed by atoms with Gasteiger partial charge in [-0.3, -0.25) is 0 Å². The lowest BCUT2D eigenvalue weighted by molar-refractivity contribution is -0.621. The molecule has 0 amide bonds. The van der Waals surface area contributed by atoms with E-state index in [-0.39, 0.29) is 22.5 Å². The van der Waals surface area contributed by atoms with Gasteiger partial charge in [0.15, 0.2) is 6.07 Å². The van der Waals surface area contributed by atoms with E-state index in [1.165, 1.54) is 18.5 Å². The summed E-state index contributed by atoms with van der Waals surface area (Å²) in [5, 5.41) is 33.8. The Morgan fingerprint density at radius 3 is 2.45 bits per heavy atom. The molecule has 8 heteroatoms. The van der Waals surface area contributed by atoms with Crippen LogP contribution in [0.2, 0.25) is 0 Å². The van der Waals surface area contributed by atoms with Crippen LogP contribution >= 0.6 is 0 Å². The van der Waals surface area contributed by atoms with Crippen LogP contribution in [0, 0.1) is 21.7 Å². The smallest absolute Gasteiger partial charge is 0.414 e. The fraction of sp³-hybridized carbons (Fsp3) is 0.286. The van der Waals surface area contributed by atoms with Gasteiger partial charge in [-0.25, -0.2) is 4.73 Å². The summed E-state index contributed by atoms with van der Waals surface area (Å²) in [6.07, 6.45) is 1.47. The summed E-state index contributed by atoms with van der Waals surface area (Å²) in [5.41, 5.74) is -0.0109. The minimum absolute atomic E-state index is 0.138. The lowest BCUT2D eigenvalue weighted by Crippen LogP contribution is -2.42. The first-order chi connectivity index (χ1) is 10.7. The molecule has 2 heterocycles. The topological polar surface area (TPSA) is 102 Å². The van der Waals surface area contributed by atoms with E-state index in [2.05, 4.69) is 4.99 Å². The molecule has 112 valence electrons. The highest BCUT2D eigenvalue weighted by Gasteiger charge is 2.27. The largest absolute Gasteiger partial charge is 0.710 e. The van der Waals surface area contributed by atoms with Crippen LogP contribution < -0.4 is 9.46 Å². The van der Waals surface area contributed by atoms with Gasteiger partial charge in [-0.05, 0) is 11.1 Å². The Morgan fingerprint density at radius 2 is 1.82 bits per heavy atom. The van der Waals surface area contributed by atoms with E-state index in [1.54, 1.807) is 18.2 Å². The Hall–Kier alpha value is -2.92. The van der Waals surface area contributed by atoms with Gasteiger partial charge in [-0.1, -0.05) is 12.1 Å². The predicted octanol–water partition coefficient (Wildman–Crippen LogP) is -0.0297. The zero-order valence-corrected chi connectivity index (χ0v) is 11.7. The van der Waals surface area contributed by atoms with Crippen molar-refractivity contribution in [3.05, 3.63) is 40.4 Å². The van der Waals surface area contributed by atoms with Crippen molar-refractivity contribution in [3.63, 3.8) is 0 Å². The summed E-state index contributed by atoms with van der Waals surface area (Å²) < 4.78 is 6.17. The van der Waals surface area contributed by atoms with Crippen molar-refractivity contribution >= 4 is 23.2 Å². The summed E-state index contributed by atoms with van der Waals surface area (Å²) in [4.78, 5) is 5.93. The number of rotatable bonds is 2. The van der Waals surface area contributed by atoms with E-state index in [0.717, 1.165) is 0 Å². The van der Waals surface area contributed by atoms with E-state index in [9.17, 15) is 15.7 Å². The first kappa shape index (κ1) is 14.0. The van der Waals surface area contributed by atoms with E-state index >= 15 is 0 Å². The number of fused-ring (bicyclic) bond motifs is 1. The quantitative estimate of drug-likeness (QED) is 0.335. The molecule has 1 aliphatic rings. The van der Waals surface area contributed by atoms with E-state index in [4.69, 9.17) is 4.74 Å². The minimum Gasteiger partial charge on any atom is -0.710 e. The summed E-state index contributed by atoms with van der Waals surface area (Å²) in [5.74, 6) is -0.206. The van der Waals surface area contributed by atoms with Crippen LogP contribution in [-0.4, -0.2) is 37.5 Å². The maximum Gasteiger partial charge on any atom is 0.414 e. The van der Waals surface area contributed by atoms with Crippen LogP contribution in [-0.2, 0) is 4.74 Å². The van der Waals surface area contributed by atoms with Gasteiger partial charge in [0.05, 0.1) is 13.2 Å². The highest BCUT2D eigenvalue weighted by molar-refractivity contribution is 5.69. The first-order valence-electron chi connectivity index (χ1n) is 6.76. The third kappa shape index (κ3) is 2.38. The fourth-order valence-electron chi connectivity index (χ4n) is 2.27. The van der Waals surface area contributed by atoms with Crippen molar-refractivity contribution in [1.29, 1.82) is 5.26 Å². The SMILES string of the molecule is N#Cc1c(N=CN2CCOCC2)[n+]([O-])c2ccccc2[n+]1[O-]. The molecule has 0 saturated carbocycles. The van der Waals surface area contributed by atoms with Gasteiger partial charge < -0.3 is 20.1 Å². The monoisotopic (exact) mass is 299 g/mol. The Bertz CT molecular complexity index is 778. The van der Waals surface area contributed by atoms with Crippen molar-refractivity contribution in [2.24, 2.45) is 4.99 Å². The molecule has 3 rings (SSSR count). The lowest BCUT2D eigenvalue weighted by Gasteiger charge is -2.22. The van der Waals surface area contributed by atoms with Crippen LogP contribution in [0.1, 0.15) is 5.69 Å². The molecule has 0 spiro atoms. The second-order valence-electron chi connectivity index (χ2n) is 4.75. The van der Waals surface area contributed by atoms with Crippen LogP contribution in [0.5, 0.6) is 0 Å². The molecule has 2 aromatic rings. The average Bonchev–Trinajstić information content (AvgIpc) is 2.57. The number of nitriles is 1. The fourth-order valence-corrected chi connectivity index (χ4v) is 2.27. The van der Waals surface area contributed by atoms with Gasteiger partial charge in [0, 0.05) is 19.2 Å². The van der Waals surface area contributed by atoms with E-state index < -0.39 is 0 Å². The maximum atomic E-state index is 12.4. The van der Waals surface area contributed by atoms with Crippen LogP contribution in [0.25, 0.3) is 11.0 Å². The molecular formula is C14H13N5O3. The number of hydrogen-bond acceptors (Lipinski definition) is 5. The van der Waals surface area contributed by atoms with Crippen LogP contribution in [0.4, 0.5) is 5.82 Å². The number of morpholine rings is 1. The molecule has 0 aliphatic carbocycles. The Kier molecular flexibility index (Phi) is 3.72. The van der Waals surface area contributed by atoms with E-state index in [0.29, 0.717) is 35.8 Å². The first-order valence-corrected chi connectivity index (χ1v) is 6.76. The molecular weight excluding hydrogens is 286 g/mol. The molecule has 8 nitrogen and oxygen atoms in total. The van der Waals surface area contributed by atoms with Gasteiger partial charge >= 0.3 is 11.5 Å². The van der Waals surface area contributed by atoms with Gasteiger partial charge in [0.25, 0.3) is 5.52 Å². The number of aliphatic imine (C=N–C) groups is 1. The third-order valence-electron chi connectivity index (χ3n) is 3.42. The Balaban J connectivity index is 2.10. The Labute approximate surface area is 126 Å². The summed E-state index contributed by atoms with van der Waals surface area (Å²) in [7, 11) is 0. The lowest BCUT2D eigenvalue weighted by atomic mass is 10.3. The zero-order valence-electron chi connectivity index (χ0n) is 11.7. The Morgan fingerprint density at radius 1 is 1.18 bits per heavy atom. The van der Waals surface area contributed by atoms with Gasteiger partial charge in [-0.15, -0.1) is 4.73 Å². The molecule has 0 atom stereocenters. The van der Waals surface area contributed by atoms with E-state index in [1.807, 2.05) is 4.90 Å². The predicted molar refractivity (Wildman–Crippen MR) is 77.1 cm³/mol. The standard InChI is InChI=1S/C14H13N5O3/c15-9-13-14(16-10-17-5-7-22-8-6-17)19(21)12-4-2-1-3-11(12)18(13)20/h1-4,10H,5-8H2. The third-order valence-corrected chi connectivity index (χ3v) is 3.42. The average molecular weight is 299 g/mol. The number of aromatic nitrogens is 2. The van der Waals surface area contributed by atoms with Crippen molar-refractivity contribution < 1.29 is 14.2 Å². The molecule has 1 fully saturated rings. The molecule has 22 heavy (non-hydrogen) atoms. The highest BCUT2D eigenvalue weighted by Crippen LogP contribution is 2.14. The number of hydrogen-bond donors (Lipinski definition) is 0. The molecule has 0 bridgehead atoms. The maximum absolute atomic E-state index is 12.4. The van der Waals surface area contributed by atoms with Crippen molar-refractivity contribution in [3.8, 4) is 6.07 Å². The second kappa shape index (κ2) is 5.83. The molecule has 0 N–H and O–H groups in total.